The van der Waals surface area contributed by atoms with E-state index >= 15 is 0 Å². The Hall–Kier alpha value is -1.43. The third kappa shape index (κ3) is 4.59. The van der Waals surface area contributed by atoms with Gasteiger partial charge >= 0.3 is 0 Å². The quantitative estimate of drug-likeness (QED) is 0.233. The van der Waals surface area contributed by atoms with Gasteiger partial charge in [-0.2, -0.15) is 0 Å². The normalized spacial score (nSPS) is 12.3. The molecule has 5 nitrogen and oxygen atoms in total. The zero-order valence-electron chi connectivity index (χ0n) is 12.1. The van der Waals surface area contributed by atoms with Gasteiger partial charge in [0.1, 0.15) is 11.6 Å². The lowest BCUT2D eigenvalue weighted by molar-refractivity contribution is 0.305. The number of nitrogens with two attached hydrogens (primary N) is 1. The summed E-state index contributed by atoms with van der Waals surface area (Å²) in [5.41, 5.74) is 6.36. The average Bonchev–Trinajstić information content (AvgIpc) is 2.44. The van der Waals surface area contributed by atoms with Crippen molar-refractivity contribution in [1.82, 2.24) is 0 Å². The predicted molar refractivity (Wildman–Crippen MR) is 85.6 cm³/mol. The number of ether oxygens (including phenoxy) is 1. The van der Waals surface area contributed by atoms with Crippen LogP contribution in [-0.2, 0) is 0 Å². The average molecular weight is 344 g/mol. The van der Waals surface area contributed by atoms with Crippen LogP contribution < -0.4 is 15.8 Å². The Balaban J connectivity index is 2.46. The van der Waals surface area contributed by atoms with E-state index in [0.717, 1.165) is 35.3 Å². The van der Waals surface area contributed by atoms with E-state index in [2.05, 4.69) is 26.4 Å². The first-order valence-electron chi connectivity index (χ1n) is 6.46. The van der Waals surface area contributed by atoms with Gasteiger partial charge in [-0.3, -0.25) is 0 Å². The van der Waals surface area contributed by atoms with Gasteiger partial charge in [0, 0.05) is 23.7 Å². The van der Waals surface area contributed by atoms with E-state index < -0.39 is 0 Å². The predicted octanol–water partition coefficient (Wildman–Crippen LogP) is 3.42. The molecule has 0 aliphatic rings. The molecule has 0 atom stereocenters. The third-order valence-electron chi connectivity index (χ3n) is 3.26. The number of rotatable bonds is 7. The van der Waals surface area contributed by atoms with Crippen LogP contribution in [0.25, 0.3) is 0 Å². The molecule has 6 heteroatoms. The highest BCUT2D eigenvalue weighted by atomic mass is 79.9. The summed E-state index contributed by atoms with van der Waals surface area (Å²) in [6.07, 6.45) is 1.76. The molecular weight excluding hydrogens is 322 g/mol. The van der Waals surface area contributed by atoms with Crippen LogP contribution in [0.5, 0.6) is 5.75 Å². The van der Waals surface area contributed by atoms with E-state index in [9.17, 15) is 0 Å². The first-order chi connectivity index (χ1) is 9.40. The number of methoxy groups -OCH3 is 1. The molecule has 1 rings (SSSR count). The number of amidine groups is 1. The number of nitrogens with one attached hydrogen (secondary N) is 1. The van der Waals surface area contributed by atoms with Crippen LogP contribution in [0.3, 0.4) is 0 Å². The molecule has 0 aliphatic heterocycles. The minimum Gasteiger partial charge on any atom is -0.495 e. The van der Waals surface area contributed by atoms with Crippen LogP contribution in [0.1, 0.15) is 26.7 Å². The minimum atomic E-state index is -0.298. The Morgan fingerprint density at radius 1 is 1.50 bits per heavy atom. The van der Waals surface area contributed by atoms with Crippen LogP contribution in [-0.4, -0.2) is 24.7 Å². The summed E-state index contributed by atoms with van der Waals surface area (Å²) in [4.78, 5) is 0. The summed E-state index contributed by atoms with van der Waals surface area (Å²) in [5.74, 6) is 1.06. The van der Waals surface area contributed by atoms with Crippen LogP contribution in [0.2, 0.25) is 0 Å². The molecule has 0 saturated heterocycles. The summed E-state index contributed by atoms with van der Waals surface area (Å²) in [5, 5.41) is 15.1. The largest absolute Gasteiger partial charge is 0.495 e. The van der Waals surface area contributed by atoms with Gasteiger partial charge < -0.3 is 21.0 Å². The summed E-state index contributed by atoms with van der Waals surface area (Å²) in [6.45, 7) is 4.74. The summed E-state index contributed by atoms with van der Waals surface area (Å²) in [6, 6.07) is 5.88. The fourth-order valence-corrected chi connectivity index (χ4v) is 2.20. The lowest BCUT2D eigenvalue weighted by Gasteiger charge is -2.22. The Bertz CT molecular complexity index is 475. The molecule has 4 N–H and O–H groups in total. The van der Waals surface area contributed by atoms with Gasteiger partial charge in [0.05, 0.1) is 11.6 Å². The van der Waals surface area contributed by atoms with Crippen molar-refractivity contribution in [3.8, 4) is 5.75 Å². The molecule has 20 heavy (non-hydrogen) atoms. The Morgan fingerprint density at radius 3 is 2.80 bits per heavy atom. The van der Waals surface area contributed by atoms with E-state index in [4.69, 9.17) is 15.7 Å². The first kappa shape index (κ1) is 16.6. The molecule has 0 heterocycles. The molecule has 0 aromatic heterocycles. The fraction of sp³-hybridized carbons (Fsp3) is 0.500. The van der Waals surface area contributed by atoms with Gasteiger partial charge in [-0.05, 0) is 40.9 Å². The standard InChI is InChI=1S/C14H22BrN3O2/c1-14(2,13(16)18-19)7-4-8-17-10-5-6-11(15)12(9-10)20-3/h5-6,9,17,19H,4,7-8H2,1-3H3,(H2,16,18). The van der Waals surface area contributed by atoms with Crippen molar-refractivity contribution in [1.29, 1.82) is 0 Å². The van der Waals surface area contributed by atoms with E-state index in [-0.39, 0.29) is 11.3 Å². The van der Waals surface area contributed by atoms with Gasteiger partial charge in [-0.25, -0.2) is 0 Å². The van der Waals surface area contributed by atoms with Crippen LogP contribution in [0.15, 0.2) is 27.8 Å². The second kappa shape index (κ2) is 7.38. The summed E-state index contributed by atoms with van der Waals surface area (Å²) in [7, 11) is 1.64. The van der Waals surface area contributed by atoms with E-state index in [1.54, 1.807) is 7.11 Å². The van der Waals surface area contributed by atoms with Gasteiger partial charge in [-0.1, -0.05) is 19.0 Å². The van der Waals surface area contributed by atoms with E-state index in [1.807, 2.05) is 32.0 Å². The van der Waals surface area contributed by atoms with Crippen molar-refractivity contribution in [3.05, 3.63) is 22.7 Å². The molecule has 1 aromatic carbocycles. The molecule has 0 unspecified atom stereocenters. The van der Waals surface area contributed by atoms with Gasteiger partial charge in [0.15, 0.2) is 0 Å². The van der Waals surface area contributed by atoms with Crippen molar-refractivity contribution in [2.75, 3.05) is 19.0 Å². The molecular formula is C14H22BrN3O2. The van der Waals surface area contributed by atoms with Crippen LogP contribution in [0.4, 0.5) is 5.69 Å². The molecule has 0 radical (unpaired) electrons. The number of nitrogens with zero attached hydrogens (tertiary/aromatic N) is 1. The number of hydrogen-bond acceptors (Lipinski definition) is 4. The molecule has 0 bridgehead atoms. The molecule has 0 aliphatic carbocycles. The van der Waals surface area contributed by atoms with Crippen molar-refractivity contribution in [3.63, 3.8) is 0 Å². The fourth-order valence-electron chi connectivity index (χ4n) is 1.80. The highest BCUT2D eigenvalue weighted by Crippen LogP contribution is 2.28. The van der Waals surface area contributed by atoms with Gasteiger partial charge in [0.2, 0.25) is 0 Å². The molecule has 0 amide bonds. The third-order valence-corrected chi connectivity index (χ3v) is 3.92. The Labute approximate surface area is 128 Å². The van der Waals surface area contributed by atoms with Crippen molar-refractivity contribution < 1.29 is 9.94 Å². The number of anilines is 1. The molecule has 0 fully saturated rings. The summed E-state index contributed by atoms with van der Waals surface area (Å²) < 4.78 is 6.17. The number of benzene rings is 1. The first-order valence-corrected chi connectivity index (χ1v) is 7.25. The van der Waals surface area contributed by atoms with Crippen LogP contribution in [0, 0.1) is 5.41 Å². The maximum absolute atomic E-state index is 8.72. The topological polar surface area (TPSA) is 79.9 Å². The van der Waals surface area contributed by atoms with E-state index in [1.165, 1.54) is 0 Å². The highest BCUT2D eigenvalue weighted by molar-refractivity contribution is 9.10. The SMILES string of the molecule is COc1cc(NCCCC(C)(C)/C(N)=N/O)ccc1Br. The van der Waals surface area contributed by atoms with Crippen molar-refractivity contribution >= 4 is 27.5 Å². The molecule has 1 aromatic rings. The second-order valence-corrected chi connectivity index (χ2v) is 6.10. The van der Waals surface area contributed by atoms with Crippen molar-refractivity contribution in [2.24, 2.45) is 16.3 Å². The van der Waals surface area contributed by atoms with E-state index in [0.29, 0.717) is 0 Å². The highest BCUT2D eigenvalue weighted by Gasteiger charge is 2.22. The lowest BCUT2D eigenvalue weighted by Crippen LogP contribution is -2.32. The molecule has 0 spiro atoms. The number of halogens is 1. The van der Waals surface area contributed by atoms with Gasteiger partial charge in [0.25, 0.3) is 0 Å². The summed E-state index contributed by atoms with van der Waals surface area (Å²) >= 11 is 3.42. The molecule has 0 saturated carbocycles. The maximum atomic E-state index is 8.72. The lowest BCUT2D eigenvalue weighted by atomic mass is 9.86. The smallest absolute Gasteiger partial charge is 0.144 e. The minimum absolute atomic E-state index is 0.266. The Morgan fingerprint density at radius 2 is 2.20 bits per heavy atom. The zero-order chi connectivity index (χ0) is 15.2. The van der Waals surface area contributed by atoms with Crippen LogP contribution >= 0.6 is 15.9 Å². The molecule has 112 valence electrons. The maximum Gasteiger partial charge on any atom is 0.144 e. The van der Waals surface area contributed by atoms with Gasteiger partial charge in [-0.15, -0.1) is 0 Å². The van der Waals surface area contributed by atoms with Crippen molar-refractivity contribution in [2.45, 2.75) is 26.7 Å². The Kier molecular flexibility index (Phi) is 6.13. The zero-order valence-corrected chi connectivity index (χ0v) is 13.7. The number of hydrogen-bond donors (Lipinski definition) is 3. The second-order valence-electron chi connectivity index (χ2n) is 5.25. The monoisotopic (exact) mass is 343 g/mol. The number of oxime groups is 1.